The van der Waals surface area contributed by atoms with E-state index >= 15 is 0 Å². The van der Waals surface area contributed by atoms with Crippen molar-refractivity contribution < 1.29 is 9.84 Å². The van der Waals surface area contributed by atoms with Crippen LogP contribution in [-0.4, -0.2) is 22.9 Å². The second kappa shape index (κ2) is 5.13. The van der Waals surface area contributed by atoms with Crippen molar-refractivity contribution in [3.05, 3.63) is 0 Å². The summed E-state index contributed by atoms with van der Waals surface area (Å²) in [6.07, 6.45) is 6.89. The van der Waals surface area contributed by atoms with Gasteiger partial charge in [-0.15, -0.1) is 0 Å². The van der Waals surface area contributed by atoms with E-state index < -0.39 is 0 Å². The monoisotopic (exact) mass is 200 g/mol. The van der Waals surface area contributed by atoms with Gasteiger partial charge in [0, 0.05) is 6.42 Å². The lowest BCUT2D eigenvalue weighted by Crippen LogP contribution is -2.21. The topological polar surface area (TPSA) is 32.8 Å². The van der Waals surface area contributed by atoms with Gasteiger partial charge in [0.25, 0.3) is 0 Å². The number of unbranched alkanes of at least 4 members (excludes halogenated alkanes) is 1. The number of epoxide rings is 1. The van der Waals surface area contributed by atoms with Gasteiger partial charge in [0.1, 0.15) is 0 Å². The van der Waals surface area contributed by atoms with E-state index in [0.717, 1.165) is 19.3 Å². The highest BCUT2D eigenvalue weighted by Crippen LogP contribution is 2.47. The van der Waals surface area contributed by atoms with Crippen molar-refractivity contribution in [2.45, 2.75) is 77.1 Å². The maximum absolute atomic E-state index is 9.43. The van der Waals surface area contributed by atoms with Crippen LogP contribution in [0, 0.1) is 0 Å². The van der Waals surface area contributed by atoms with Gasteiger partial charge in [-0.3, -0.25) is 0 Å². The minimum atomic E-state index is -0.228. The molecule has 1 rings (SSSR count). The van der Waals surface area contributed by atoms with Gasteiger partial charge in [0.05, 0.1) is 17.8 Å². The van der Waals surface area contributed by atoms with Crippen molar-refractivity contribution >= 4 is 0 Å². The molecule has 2 nitrogen and oxygen atoms in total. The van der Waals surface area contributed by atoms with E-state index in [9.17, 15) is 5.11 Å². The Morgan fingerprint density at radius 1 is 1.36 bits per heavy atom. The van der Waals surface area contributed by atoms with Crippen LogP contribution in [0.15, 0.2) is 0 Å². The van der Waals surface area contributed by atoms with Crippen LogP contribution in [0.1, 0.15) is 59.3 Å². The molecule has 0 spiro atoms. The molecule has 0 unspecified atom stereocenters. The maximum atomic E-state index is 9.43. The molecule has 14 heavy (non-hydrogen) atoms. The molecule has 1 saturated heterocycles. The molecule has 1 fully saturated rings. The average molecular weight is 200 g/mol. The predicted octanol–water partition coefficient (Wildman–Crippen LogP) is 2.89. The molecule has 2 heteroatoms. The molecule has 1 N–H and O–H groups in total. The molecule has 0 saturated carbocycles. The van der Waals surface area contributed by atoms with E-state index in [0.29, 0.717) is 6.10 Å². The molecular formula is C12H24O2. The Kier molecular flexibility index (Phi) is 4.39. The molecule has 0 radical (unpaired) electrons. The first-order valence-electron chi connectivity index (χ1n) is 6.00. The van der Waals surface area contributed by atoms with Gasteiger partial charge in [0.2, 0.25) is 0 Å². The molecule has 1 aliphatic heterocycles. The fraction of sp³-hybridized carbons (Fsp3) is 1.00. The summed E-state index contributed by atoms with van der Waals surface area (Å²) in [5, 5.41) is 9.43. The van der Waals surface area contributed by atoms with Crippen LogP contribution in [0.4, 0.5) is 0 Å². The summed E-state index contributed by atoms with van der Waals surface area (Å²) in [4.78, 5) is 0. The van der Waals surface area contributed by atoms with Gasteiger partial charge in [-0.1, -0.05) is 33.1 Å². The first-order chi connectivity index (χ1) is 6.64. The fourth-order valence-corrected chi connectivity index (χ4v) is 2.31. The SMILES string of the molecule is CCCC[C@@]1(C[C@@H](C)O)O[C@H]1CCC. The number of rotatable bonds is 7. The van der Waals surface area contributed by atoms with Gasteiger partial charge >= 0.3 is 0 Å². The molecule has 0 amide bonds. The van der Waals surface area contributed by atoms with Crippen LogP contribution in [0.3, 0.4) is 0 Å². The first-order valence-corrected chi connectivity index (χ1v) is 6.00. The Balaban J connectivity index is 2.38. The molecule has 0 aromatic carbocycles. The Bertz CT molecular complexity index is 168. The Labute approximate surface area is 87.7 Å². The number of hydrogen-bond acceptors (Lipinski definition) is 2. The molecule has 1 heterocycles. The molecule has 0 aromatic heterocycles. The van der Waals surface area contributed by atoms with E-state index in [-0.39, 0.29) is 11.7 Å². The molecule has 3 atom stereocenters. The lowest BCUT2D eigenvalue weighted by atomic mass is 9.90. The molecule has 0 aromatic rings. The van der Waals surface area contributed by atoms with Gasteiger partial charge in [-0.25, -0.2) is 0 Å². The smallest absolute Gasteiger partial charge is 0.0972 e. The van der Waals surface area contributed by atoms with Crippen LogP contribution in [0.2, 0.25) is 0 Å². The highest BCUT2D eigenvalue weighted by molar-refractivity contribution is 5.02. The van der Waals surface area contributed by atoms with Crippen LogP contribution in [-0.2, 0) is 4.74 Å². The van der Waals surface area contributed by atoms with Crippen molar-refractivity contribution in [1.29, 1.82) is 0 Å². The minimum absolute atomic E-state index is 0.0419. The summed E-state index contributed by atoms with van der Waals surface area (Å²) < 4.78 is 5.80. The molecule has 1 aliphatic rings. The van der Waals surface area contributed by atoms with E-state index in [2.05, 4.69) is 13.8 Å². The number of aliphatic hydroxyl groups is 1. The van der Waals surface area contributed by atoms with Crippen LogP contribution < -0.4 is 0 Å². The highest BCUT2D eigenvalue weighted by Gasteiger charge is 2.54. The Morgan fingerprint density at radius 3 is 2.57 bits per heavy atom. The van der Waals surface area contributed by atoms with Gasteiger partial charge in [-0.05, 0) is 19.8 Å². The summed E-state index contributed by atoms with van der Waals surface area (Å²) in [5.74, 6) is 0. The fourth-order valence-electron chi connectivity index (χ4n) is 2.31. The normalized spacial score (nSPS) is 33.0. The molecule has 0 bridgehead atoms. The summed E-state index contributed by atoms with van der Waals surface area (Å²) in [7, 11) is 0. The number of aliphatic hydroxyl groups excluding tert-OH is 1. The van der Waals surface area contributed by atoms with Crippen LogP contribution in [0.25, 0.3) is 0 Å². The summed E-state index contributed by atoms with van der Waals surface area (Å²) >= 11 is 0. The van der Waals surface area contributed by atoms with Gasteiger partial charge < -0.3 is 9.84 Å². The summed E-state index contributed by atoms with van der Waals surface area (Å²) in [6, 6.07) is 0. The largest absolute Gasteiger partial charge is 0.393 e. The van der Waals surface area contributed by atoms with E-state index in [4.69, 9.17) is 4.74 Å². The zero-order valence-electron chi connectivity index (χ0n) is 9.75. The van der Waals surface area contributed by atoms with E-state index in [1.54, 1.807) is 0 Å². The van der Waals surface area contributed by atoms with Crippen molar-refractivity contribution in [1.82, 2.24) is 0 Å². The number of hydrogen-bond donors (Lipinski definition) is 1. The second-order valence-corrected chi connectivity index (χ2v) is 4.62. The van der Waals surface area contributed by atoms with Crippen molar-refractivity contribution in [2.24, 2.45) is 0 Å². The first kappa shape index (κ1) is 12.0. The minimum Gasteiger partial charge on any atom is -0.393 e. The van der Waals surface area contributed by atoms with Crippen molar-refractivity contribution in [3.8, 4) is 0 Å². The summed E-state index contributed by atoms with van der Waals surface area (Å²) in [5.41, 5.74) is 0.0419. The van der Waals surface area contributed by atoms with Crippen LogP contribution in [0.5, 0.6) is 0 Å². The van der Waals surface area contributed by atoms with Gasteiger partial charge in [-0.2, -0.15) is 0 Å². The lowest BCUT2D eigenvalue weighted by molar-refractivity contribution is 0.134. The van der Waals surface area contributed by atoms with Crippen molar-refractivity contribution in [3.63, 3.8) is 0 Å². The Morgan fingerprint density at radius 2 is 2.07 bits per heavy atom. The van der Waals surface area contributed by atoms with Crippen LogP contribution >= 0.6 is 0 Å². The third-order valence-electron chi connectivity index (χ3n) is 3.05. The zero-order valence-corrected chi connectivity index (χ0v) is 9.75. The van der Waals surface area contributed by atoms with E-state index in [1.807, 2.05) is 6.92 Å². The summed E-state index contributed by atoms with van der Waals surface area (Å²) in [6.45, 7) is 6.25. The number of ether oxygens (including phenoxy) is 1. The zero-order chi connectivity index (χ0) is 10.6. The van der Waals surface area contributed by atoms with Gasteiger partial charge in [0.15, 0.2) is 0 Å². The van der Waals surface area contributed by atoms with E-state index in [1.165, 1.54) is 19.3 Å². The molecule has 84 valence electrons. The highest BCUT2D eigenvalue weighted by atomic mass is 16.6. The maximum Gasteiger partial charge on any atom is 0.0972 e. The molecular weight excluding hydrogens is 176 g/mol. The predicted molar refractivity (Wildman–Crippen MR) is 58.3 cm³/mol. The third-order valence-corrected chi connectivity index (χ3v) is 3.05. The molecule has 0 aliphatic carbocycles. The Hall–Kier alpha value is -0.0800. The second-order valence-electron chi connectivity index (χ2n) is 4.62. The van der Waals surface area contributed by atoms with Crippen molar-refractivity contribution in [2.75, 3.05) is 0 Å². The standard InChI is InChI=1S/C12H24O2/c1-4-6-8-12(9-10(3)13)11(14-12)7-5-2/h10-11,13H,4-9H2,1-3H3/t10-,11+,12+/m1/s1. The lowest BCUT2D eigenvalue weighted by Gasteiger charge is -2.14. The quantitative estimate of drug-likeness (QED) is 0.641. The average Bonchev–Trinajstić information content (AvgIpc) is 2.75. The third kappa shape index (κ3) is 2.96.